The lowest BCUT2D eigenvalue weighted by atomic mass is 9.92. The molecule has 0 aliphatic carbocycles. The monoisotopic (exact) mass is 349 g/mol. The highest BCUT2D eigenvalue weighted by atomic mass is 35.5. The number of likely N-dealkylation sites (tertiary alicyclic amines) is 1. The molecule has 1 fully saturated rings. The van der Waals surface area contributed by atoms with Crippen LogP contribution in [-0.2, 0) is 0 Å². The van der Waals surface area contributed by atoms with Gasteiger partial charge in [-0.2, -0.15) is 0 Å². The van der Waals surface area contributed by atoms with Crippen LogP contribution in [0.3, 0.4) is 0 Å². The van der Waals surface area contributed by atoms with Gasteiger partial charge >= 0.3 is 0 Å². The molecule has 2 aromatic rings. The number of hydrogen-bond donors (Lipinski definition) is 1. The van der Waals surface area contributed by atoms with Crippen LogP contribution >= 0.6 is 12.4 Å². The third-order valence-electron chi connectivity index (χ3n) is 4.58. The van der Waals surface area contributed by atoms with E-state index in [1.54, 1.807) is 0 Å². The van der Waals surface area contributed by atoms with E-state index in [0.717, 1.165) is 24.2 Å². The highest BCUT2D eigenvalue weighted by molar-refractivity contribution is 5.85. The van der Waals surface area contributed by atoms with Crippen LogP contribution in [0.2, 0.25) is 0 Å². The molecule has 3 rings (SSSR count). The predicted molar refractivity (Wildman–Crippen MR) is 102 cm³/mol. The highest BCUT2D eigenvalue weighted by Crippen LogP contribution is 2.22. The smallest absolute Gasteiger partial charge is 0.120 e. The minimum absolute atomic E-state index is 0. The molecule has 0 spiro atoms. The van der Waals surface area contributed by atoms with E-state index in [4.69, 9.17) is 4.74 Å². The Kier molecular flexibility index (Phi) is 6.90. The lowest BCUT2D eigenvalue weighted by molar-refractivity contribution is 0.0429. The van der Waals surface area contributed by atoms with Crippen molar-refractivity contribution in [3.63, 3.8) is 0 Å². The molecular formula is C20H28ClNO2. The van der Waals surface area contributed by atoms with Gasteiger partial charge in [0.25, 0.3) is 0 Å². The molecule has 3 nitrogen and oxygen atoms in total. The summed E-state index contributed by atoms with van der Waals surface area (Å²) in [5.74, 6) is 2.25. The van der Waals surface area contributed by atoms with Gasteiger partial charge in [-0.1, -0.05) is 44.2 Å². The number of halogens is 1. The van der Waals surface area contributed by atoms with Crippen molar-refractivity contribution >= 4 is 23.2 Å². The van der Waals surface area contributed by atoms with Gasteiger partial charge in [-0.15, -0.1) is 12.4 Å². The number of aliphatic hydroxyl groups excluding tert-OH is 1. The van der Waals surface area contributed by atoms with E-state index in [0.29, 0.717) is 25.0 Å². The Morgan fingerprint density at radius 3 is 2.46 bits per heavy atom. The average molecular weight is 350 g/mol. The summed E-state index contributed by atoms with van der Waals surface area (Å²) >= 11 is 0. The van der Waals surface area contributed by atoms with E-state index >= 15 is 0 Å². The standard InChI is InChI=1S/C20H27NO2.ClH/c1-15-9-16(2)12-21(11-15)13-19(22)14-23-20-8-7-17-5-3-4-6-18(17)10-20;/h3-8,10,15-16,19,22H,9,11-14H2,1-2H3;1H. The van der Waals surface area contributed by atoms with Gasteiger partial charge < -0.3 is 14.7 Å². The van der Waals surface area contributed by atoms with Crippen LogP contribution in [-0.4, -0.2) is 42.4 Å². The van der Waals surface area contributed by atoms with Crippen molar-refractivity contribution in [2.75, 3.05) is 26.2 Å². The molecule has 1 heterocycles. The summed E-state index contributed by atoms with van der Waals surface area (Å²) in [6.07, 6.45) is 0.846. The van der Waals surface area contributed by atoms with Gasteiger partial charge in [0, 0.05) is 19.6 Å². The lowest BCUT2D eigenvalue weighted by Crippen LogP contribution is -2.43. The Labute approximate surface area is 151 Å². The van der Waals surface area contributed by atoms with Crippen molar-refractivity contribution < 1.29 is 9.84 Å². The Bertz CT molecular complexity index is 638. The lowest BCUT2D eigenvalue weighted by Gasteiger charge is -2.35. The predicted octanol–water partition coefficient (Wildman–Crippen LogP) is 3.98. The van der Waals surface area contributed by atoms with Crippen LogP contribution in [0, 0.1) is 11.8 Å². The Hall–Kier alpha value is -1.29. The topological polar surface area (TPSA) is 32.7 Å². The van der Waals surface area contributed by atoms with Crippen molar-refractivity contribution in [2.24, 2.45) is 11.8 Å². The quantitative estimate of drug-likeness (QED) is 0.886. The molecule has 0 aromatic heterocycles. The first-order chi connectivity index (χ1) is 11.1. The number of hydrogen-bond acceptors (Lipinski definition) is 3. The number of nitrogens with zero attached hydrogens (tertiary/aromatic N) is 1. The van der Waals surface area contributed by atoms with E-state index < -0.39 is 6.10 Å². The molecule has 132 valence electrons. The molecule has 3 atom stereocenters. The van der Waals surface area contributed by atoms with Crippen LogP contribution in [0.5, 0.6) is 5.75 Å². The molecule has 4 heteroatoms. The molecule has 0 saturated carbocycles. The molecule has 0 amide bonds. The number of rotatable bonds is 5. The summed E-state index contributed by atoms with van der Waals surface area (Å²) in [6, 6.07) is 14.3. The molecule has 0 bridgehead atoms. The zero-order chi connectivity index (χ0) is 16.2. The maximum Gasteiger partial charge on any atom is 0.120 e. The Morgan fingerprint density at radius 1 is 1.08 bits per heavy atom. The molecule has 1 N–H and O–H groups in total. The minimum atomic E-state index is -0.445. The SMILES string of the molecule is CC1CC(C)CN(CC(O)COc2ccc3ccccc3c2)C1.Cl. The van der Waals surface area contributed by atoms with Crippen molar-refractivity contribution in [3.05, 3.63) is 42.5 Å². The van der Waals surface area contributed by atoms with Crippen LogP contribution in [0.25, 0.3) is 10.8 Å². The fourth-order valence-corrected chi connectivity index (χ4v) is 3.74. The van der Waals surface area contributed by atoms with Gasteiger partial charge in [0.15, 0.2) is 0 Å². The first-order valence-corrected chi connectivity index (χ1v) is 8.62. The highest BCUT2D eigenvalue weighted by Gasteiger charge is 2.23. The number of benzene rings is 2. The second-order valence-electron chi connectivity index (χ2n) is 7.14. The second kappa shape index (κ2) is 8.70. The van der Waals surface area contributed by atoms with E-state index in [2.05, 4.69) is 36.9 Å². The van der Waals surface area contributed by atoms with E-state index in [1.165, 1.54) is 11.8 Å². The van der Waals surface area contributed by atoms with Crippen LogP contribution in [0.1, 0.15) is 20.3 Å². The summed E-state index contributed by atoms with van der Waals surface area (Å²) in [4.78, 5) is 2.37. The van der Waals surface area contributed by atoms with Crippen molar-refractivity contribution in [3.8, 4) is 5.75 Å². The van der Waals surface area contributed by atoms with E-state index in [9.17, 15) is 5.11 Å². The molecule has 2 aromatic carbocycles. The summed E-state index contributed by atoms with van der Waals surface area (Å²) in [5, 5.41) is 12.7. The number of ether oxygens (including phenoxy) is 1. The van der Waals surface area contributed by atoms with Crippen LogP contribution < -0.4 is 4.74 Å². The first kappa shape index (κ1) is 19.0. The molecular weight excluding hydrogens is 322 g/mol. The van der Waals surface area contributed by atoms with E-state index in [1.807, 2.05) is 24.3 Å². The van der Waals surface area contributed by atoms with Gasteiger partial charge in [0.1, 0.15) is 18.5 Å². The third kappa shape index (κ3) is 5.10. The molecule has 1 saturated heterocycles. The fraction of sp³-hybridized carbons (Fsp3) is 0.500. The number of aliphatic hydroxyl groups is 1. The summed E-state index contributed by atoms with van der Waals surface area (Å²) in [7, 11) is 0. The summed E-state index contributed by atoms with van der Waals surface area (Å²) in [5.41, 5.74) is 0. The zero-order valence-electron chi connectivity index (χ0n) is 14.5. The first-order valence-electron chi connectivity index (χ1n) is 8.62. The maximum atomic E-state index is 10.3. The molecule has 1 aliphatic rings. The van der Waals surface area contributed by atoms with E-state index in [-0.39, 0.29) is 12.4 Å². The number of fused-ring (bicyclic) bond motifs is 1. The summed E-state index contributed by atoms with van der Waals surface area (Å²) in [6.45, 7) is 7.79. The van der Waals surface area contributed by atoms with Crippen molar-refractivity contribution in [1.29, 1.82) is 0 Å². The Balaban J connectivity index is 0.00000208. The molecule has 1 aliphatic heterocycles. The Morgan fingerprint density at radius 2 is 1.75 bits per heavy atom. The number of piperidine rings is 1. The largest absolute Gasteiger partial charge is 0.491 e. The normalized spacial score (nSPS) is 22.8. The van der Waals surface area contributed by atoms with Crippen molar-refractivity contribution in [1.82, 2.24) is 4.90 Å². The molecule has 24 heavy (non-hydrogen) atoms. The van der Waals surface area contributed by atoms with Gasteiger partial charge in [-0.05, 0) is 41.2 Å². The van der Waals surface area contributed by atoms with Crippen molar-refractivity contribution in [2.45, 2.75) is 26.4 Å². The summed E-state index contributed by atoms with van der Waals surface area (Å²) < 4.78 is 5.79. The van der Waals surface area contributed by atoms with Crippen LogP contribution in [0.4, 0.5) is 0 Å². The third-order valence-corrected chi connectivity index (χ3v) is 4.58. The van der Waals surface area contributed by atoms with Gasteiger partial charge in [0.05, 0.1) is 0 Å². The molecule has 0 radical (unpaired) electrons. The zero-order valence-corrected chi connectivity index (χ0v) is 15.3. The minimum Gasteiger partial charge on any atom is -0.491 e. The van der Waals surface area contributed by atoms with Crippen LogP contribution in [0.15, 0.2) is 42.5 Å². The van der Waals surface area contributed by atoms with Gasteiger partial charge in [-0.3, -0.25) is 0 Å². The average Bonchev–Trinajstić information content (AvgIpc) is 2.52. The van der Waals surface area contributed by atoms with Gasteiger partial charge in [-0.25, -0.2) is 0 Å². The fourth-order valence-electron chi connectivity index (χ4n) is 3.74. The number of β-amino-alcohol motifs (C(OH)–C–C–N with tert-alkyl or cyclic N) is 1. The maximum absolute atomic E-state index is 10.3. The second-order valence-corrected chi connectivity index (χ2v) is 7.14. The molecule has 3 unspecified atom stereocenters. The van der Waals surface area contributed by atoms with Gasteiger partial charge in [0.2, 0.25) is 0 Å².